The van der Waals surface area contributed by atoms with Crippen LogP contribution in [0.15, 0.2) is 170 Å². The number of esters is 3. The maximum Gasteiger partial charge on any atom is 0.306 e. The summed E-state index contributed by atoms with van der Waals surface area (Å²) in [4.78, 5) is 38.0. The van der Waals surface area contributed by atoms with Crippen LogP contribution in [0.5, 0.6) is 0 Å². The van der Waals surface area contributed by atoms with E-state index in [1.54, 1.807) is 0 Å². The van der Waals surface area contributed by atoms with Crippen molar-refractivity contribution in [3.8, 4) is 0 Å². The number of hydrogen-bond donors (Lipinski definition) is 0. The molecular formula is C61H90O6. The van der Waals surface area contributed by atoms with Gasteiger partial charge in [-0.15, -0.1) is 0 Å². The van der Waals surface area contributed by atoms with Gasteiger partial charge >= 0.3 is 17.9 Å². The van der Waals surface area contributed by atoms with E-state index < -0.39 is 12.1 Å². The van der Waals surface area contributed by atoms with Crippen LogP contribution < -0.4 is 0 Å². The van der Waals surface area contributed by atoms with Gasteiger partial charge in [0.1, 0.15) is 13.2 Å². The molecule has 370 valence electrons. The van der Waals surface area contributed by atoms with E-state index in [1.165, 1.54) is 25.7 Å². The Morgan fingerprint density at radius 2 is 0.642 bits per heavy atom. The van der Waals surface area contributed by atoms with Gasteiger partial charge in [0.25, 0.3) is 0 Å². The molecule has 0 rings (SSSR count). The van der Waals surface area contributed by atoms with E-state index in [-0.39, 0.29) is 38.0 Å². The summed E-state index contributed by atoms with van der Waals surface area (Å²) in [6, 6.07) is 0. The van der Waals surface area contributed by atoms with Gasteiger partial charge in [-0.25, -0.2) is 0 Å². The molecule has 0 aromatic heterocycles. The summed E-state index contributed by atoms with van der Waals surface area (Å²) >= 11 is 0. The third-order valence-corrected chi connectivity index (χ3v) is 9.91. The lowest BCUT2D eigenvalue weighted by Gasteiger charge is -2.18. The van der Waals surface area contributed by atoms with Crippen molar-refractivity contribution < 1.29 is 28.6 Å². The summed E-state index contributed by atoms with van der Waals surface area (Å²) in [6.45, 7) is 6.13. The van der Waals surface area contributed by atoms with E-state index in [0.29, 0.717) is 19.3 Å². The molecule has 0 amide bonds. The minimum atomic E-state index is -0.849. The topological polar surface area (TPSA) is 78.9 Å². The molecule has 0 aliphatic heterocycles. The minimum absolute atomic E-state index is 0.136. The Bertz CT molecular complexity index is 1620. The van der Waals surface area contributed by atoms with Gasteiger partial charge in [0.15, 0.2) is 6.10 Å². The van der Waals surface area contributed by atoms with E-state index in [2.05, 4.69) is 106 Å². The van der Waals surface area contributed by atoms with Crippen LogP contribution in [0.2, 0.25) is 0 Å². The minimum Gasteiger partial charge on any atom is -0.462 e. The lowest BCUT2D eigenvalue weighted by atomic mass is 10.1. The van der Waals surface area contributed by atoms with Crippen molar-refractivity contribution >= 4 is 17.9 Å². The summed E-state index contributed by atoms with van der Waals surface area (Å²) in [5, 5.41) is 0. The highest BCUT2D eigenvalue weighted by Crippen LogP contribution is 2.12. The SMILES string of the molecule is CC\C=C/C=C\C=C/C=C\C=C\C=C/C=C\CCCCCC(=O)OCC(COC(=O)CCCCCCCCC/C=C\C/C=C\CC)OC(=O)CC/C=C\C/C=C\C/C=C\C/C=C\C/C=C\CC. The fraction of sp³-hybridized carbons (Fsp3) is 0.492. The van der Waals surface area contributed by atoms with E-state index >= 15 is 0 Å². The van der Waals surface area contributed by atoms with Gasteiger partial charge in [-0.2, -0.15) is 0 Å². The summed E-state index contributed by atoms with van der Waals surface area (Å²) in [5.41, 5.74) is 0. The van der Waals surface area contributed by atoms with Crippen LogP contribution in [-0.2, 0) is 28.6 Å². The summed E-state index contributed by atoms with van der Waals surface area (Å²) in [7, 11) is 0. The maximum absolute atomic E-state index is 12.8. The van der Waals surface area contributed by atoms with Crippen molar-refractivity contribution in [1.29, 1.82) is 0 Å². The highest BCUT2D eigenvalue weighted by Gasteiger charge is 2.19. The molecule has 0 N–H and O–H groups in total. The Morgan fingerprint density at radius 1 is 0.313 bits per heavy atom. The van der Waals surface area contributed by atoms with Crippen LogP contribution in [0.3, 0.4) is 0 Å². The van der Waals surface area contributed by atoms with Gasteiger partial charge in [-0.3, -0.25) is 14.4 Å². The molecule has 0 aromatic carbocycles. The monoisotopic (exact) mass is 919 g/mol. The third-order valence-electron chi connectivity index (χ3n) is 9.91. The largest absolute Gasteiger partial charge is 0.462 e. The Hall–Kier alpha value is -5.23. The Kier molecular flexibility index (Phi) is 49.2. The quantitative estimate of drug-likeness (QED) is 0.0199. The third kappa shape index (κ3) is 51.6. The first kappa shape index (κ1) is 61.8. The molecule has 0 aliphatic carbocycles. The second-order valence-corrected chi connectivity index (χ2v) is 16.1. The molecule has 0 fully saturated rings. The predicted octanol–water partition coefficient (Wildman–Crippen LogP) is 17.2. The Balaban J connectivity index is 4.65. The zero-order valence-electron chi connectivity index (χ0n) is 42.1. The zero-order chi connectivity index (χ0) is 48.6. The standard InChI is InChI=1S/C61H90O6/c1-4-7-10-13-16-19-22-25-28-30-31-32-34-36-39-42-45-48-51-54-60(63)66-57-58(56-65-59(62)53-50-47-44-41-38-35-27-24-21-18-15-12-9-6-3)67-61(64)55-52-49-46-43-40-37-33-29-26-23-20-17-14-11-8-5-2/h7-13,16-22,25-26,28-32,34,36-37,39-40,46,49,58H,4-6,14-15,23-24,27,33,35,38,41-45,47-48,50-57H2,1-3H3/b10-7-,11-8-,12-9-,16-13-,20-17-,21-18-,22-19-,28-25-,29-26-,31-30+,34-32-,39-36-,40-37-,49-46-. The van der Waals surface area contributed by atoms with Crippen LogP contribution in [-0.4, -0.2) is 37.2 Å². The second kappa shape index (κ2) is 53.4. The van der Waals surface area contributed by atoms with E-state index in [1.807, 2.05) is 85.1 Å². The number of hydrogen-bond acceptors (Lipinski definition) is 6. The van der Waals surface area contributed by atoms with Gasteiger partial charge < -0.3 is 14.2 Å². The predicted molar refractivity (Wildman–Crippen MR) is 288 cm³/mol. The van der Waals surface area contributed by atoms with Crippen molar-refractivity contribution in [2.24, 2.45) is 0 Å². The molecule has 0 saturated carbocycles. The van der Waals surface area contributed by atoms with Crippen molar-refractivity contribution in [3.05, 3.63) is 170 Å². The van der Waals surface area contributed by atoms with Crippen molar-refractivity contribution in [1.82, 2.24) is 0 Å². The van der Waals surface area contributed by atoms with Gasteiger partial charge in [0.2, 0.25) is 0 Å². The lowest BCUT2D eigenvalue weighted by Crippen LogP contribution is -2.30. The average Bonchev–Trinajstić information content (AvgIpc) is 3.33. The number of carbonyl (C=O) groups is 3. The fourth-order valence-electron chi connectivity index (χ4n) is 6.16. The van der Waals surface area contributed by atoms with Crippen LogP contribution in [0.1, 0.15) is 175 Å². The maximum atomic E-state index is 12.8. The van der Waals surface area contributed by atoms with E-state index in [4.69, 9.17) is 14.2 Å². The average molecular weight is 919 g/mol. The van der Waals surface area contributed by atoms with Crippen molar-refractivity contribution in [2.75, 3.05) is 13.2 Å². The lowest BCUT2D eigenvalue weighted by molar-refractivity contribution is -0.166. The molecule has 0 radical (unpaired) electrons. The van der Waals surface area contributed by atoms with Crippen LogP contribution >= 0.6 is 0 Å². The number of allylic oxidation sites excluding steroid dienone is 28. The summed E-state index contributed by atoms with van der Waals surface area (Å²) in [5.74, 6) is -1.09. The molecule has 0 saturated heterocycles. The molecule has 1 atom stereocenters. The van der Waals surface area contributed by atoms with Gasteiger partial charge in [-0.1, -0.05) is 229 Å². The first-order chi connectivity index (χ1) is 33.0. The van der Waals surface area contributed by atoms with Crippen LogP contribution in [0.25, 0.3) is 0 Å². The molecule has 67 heavy (non-hydrogen) atoms. The Labute approximate surface area is 409 Å². The molecule has 0 spiro atoms. The summed E-state index contributed by atoms with van der Waals surface area (Å²) in [6.07, 6.45) is 79.1. The van der Waals surface area contributed by atoms with Crippen LogP contribution in [0.4, 0.5) is 0 Å². The van der Waals surface area contributed by atoms with Crippen molar-refractivity contribution in [3.63, 3.8) is 0 Å². The molecule has 1 unspecified atom stereocenters. The molecule has 0 heterocycles. The number of unbranched alkanes of at least 4 members (excludes halogenated alkanes) is 10. The molecule has 0 aromatic rings. The number of rotatable bonds is 43. The van der Waals surface area contributed by atoms with Crippen LogP contribution in [0, 0.1) is 0 Å². The highest BCUT2D eigenvalue weighted by atomic mass is 16.6. The second-order valence-electron chi connectivity index (χ2n) is 16.1. The molecular weight excluding hydrogens is 829 g/mol. The highest BCUT2D eigenvalue weighted by molar-refractivity contribution is 5.71. The van der Waals surface area contributed by atoms with Crippen molar-refractivity contribution in [2.45, 2.75) is 181 Å². The van der Waals surface area contributed by atoms with E-state index in [9.17, 15) is 14.4 Å². The number of carbonyl (C=O) groups excluding carboxylic acids is 3. The smallest absolute Gasteiger partial charge is 0.306 e. The normalized spacial score (nSPS) is 13.5. The zero-order valence-corrected chi connectivity index (χ0v) is 42.1. The molecule has 6 heteroatoms. The van der Waals surface area contributed by atoms with Gasteiger partial charge in [-0.05, 0) is 96.3 Å². The number of ether oxygens (including phenoxy) is 3. The molecule has 0 bridgehead atoms. The van der Waals surface area contributed by atoms with Gasteiger partial charge in [0.05, 0.1) is 0 Å². The molecule has 6 nitrogen and oxygen atoms in total. The van der Waals surface area contributed by atoms with E-state index in [0.717, 1.165) is 96.3 Å². The first-order valence-corrected chi connectivity index (χ1v) is 25.7. The first-order valence-electron chi connectivity index (χ1n) is 25.7. The summed E-state index contributed by atoms with van der Waals surface area (Å²) < 4.78 is 16.7. The van der Waals surface area contributed by atoms with Gasteiger partial charge in [0, 0.05) is 19.3 Å². The molecule has 0 aliphatic rings. The fourth-order valence-corrected chi connectivity index (χ4v) is 6.16. The Morgan fingerprint density at radius 3 is 1.09 bits per heavy atom.